The van der Waals surface area contributed by atoms with Gasteiger partial charge in [-0.25, -0.2) is 8.42 Å². The minimum Gasteiger partial charge on any atom is -0.352 e. The number of amides is 1. The Labute approximate surface area is 147 Å². The number of hydrogen-bond donors (Lipinski definition) is 1. The van der Waals surface area contributed by atoms with Crippen LogP contribution in [0, 0.1) is 13.8 Å². The van der Waals surface area contributed by atoms with Gasteiger partial charge in [-0.3, -0.25) is 9.69 Å². The van der Waals surface area contributed by atoms with Crippen molar-refractivity contribution < 1.29 is 13.2 Å². The van der Waals surface area contributed by atoms with Crippen molar-refractivity contribution in [2.75, 3.05) is 26.2 Å². The summed E-state index contributed by atoms with van der Waals surface area (Å²) in [4.78, 5) is 16.5. The molecule has 2 heterocycles. The fourth-order valence-corrected chi connectivity index (χ4v) is 6.00. The molecule has 3 rings (SSSR count). The number of aryl methyl sites for hydroxylation is 2. The SMILES string of the molecule is Cc1cc(S(=O)(=O)N2CCN(C(C)C(=O)NC3CC3)CC2)c(C)s1. The quantitative estimate of drug-likeness (QED) is 0.848. The van der Waals surface area contributed by atoms with Crippen LogP contribution in [0.1, 0.15) is 29.5 Å². The fourth-order valence-electron chi connectivity index (χ4n) is 3.05. The van der Waals surface area contributed by atoms with Crippen LogP contribution in [0.25, 0.3) is 0 Å². The molecule has 1 aliphatic heterocycles. The average molecular weight is 372 g/mol. The molecule has 1 amide bonds. The highest BCUT2D eigenvalue weighted by Gasteiger charge is 2.34. The maximum atomic E-state index is 12.8. The minimum atomic E-state index is -3.43. The highest BCUT2D eigenvalue weighted by Crippen LogP contribution is 2.28. The van der Waals surface area contributed by atoms with Crippen molar-refractivity contribution in [2.24, 2.45) is 0 Å². The van der Waals surface area contributed by atoms with Gasteiger partial charge in [0.25, 0.3) is 0 Å². The first-order valence-corrected chi connectivity index (χ1v) is 10.7. The smallest absolute Gasteiger partial charge is 0.244 e. The Hall–Kier alpha value is -0.960. The highest BCUT2D eigenvalue weighted by atomic mass is 32.2. The summed E-state index contributed by atoms with van der Waals surface area (Å²) < 4.78 is 27.2. The largest absolute Gasteiger partial charge is 0.352 e. The molecule has 8 heteroatoms. The zero-order valence-corrected chi connectivity index (χ0v) is 16.0. The number of nitrogens with zero attached hydrogens (tertiary/aromatic N) is 2. The molecule has 1 aliphatic carbocycles. The van der Waals surface area contributed by atoms with E-state index in [0.29, 0.717) is 37.1 Å². The molecule has 24 heavy (non-hydrogen) atoms. The van der Waals surface area contributed by atoms with Gasteiger partial charge in [0.2, 0.25) is 15.9 Å². The number of thiophene rings is 1. The summed E-state index contributed by atoms with van der Waals surface area (Å²) in [6.07, 6.45) is 2.15. The van der Waals surface area contributed by atoms with E-state index in [1.54, 1.807) is 10.4 Å². The molecule has 0 spiro atoms. The zero-order valence-electron chi connectivity index (χ0n) is 14.4. The van der Waals surface area contributed by atoms with E-state index in [4.69, 9.17) is 0 Å². The van der Waals surface area contributed by atoms with Crippen LogP contribution < -0.4 is 5.32 Å². The maximum absolute atomic E-state index is 12.8. The molecule has 1 saturated heterocycles. The first-order chi connectivity index (χ1) is 11.3. The Balaban J connectivity index is 1.61. The van der Waals surface area contributed by atoms with Gasteiger partial charge >= 0.3 is 0 Å². The predicted octanol–water partition coefficient (Wildman–Crippen LogP) is 1.34. The third kappa shape index (κ3) is 3.66. The molecule has 134 valence electrons. The molecular formula is C16H25N3O3S2. The van der Waals surface area contributed by atoms with Crippen molar-refractivity contribution in [3.8, 4) is 0 Å². The number of nitrogens with one attached hydrogen (secondary N) is 1. The van der Waals surface area contributed by atoms with Crippen molar-refractivity contribution in [1.82, 2.24) is 14.5 Å². The van der Waals surface area contributed by atoms with Crippen LogP contribution in [0.15, 0.2) is 11.0 Å². The van der Waals surface area contributed by atoms with Crippen molar-refractivity contribution in [3.05, 3.63) is 15.8 Å². The van der Waals surface area contributed by atoms with Gasteiger partial charge in [-0.2, -0.15) is 4.31 Å². The van der Waals surface area contributed by atoms with Gasteiger partial charge < -0.3 is 5.32 Å². The molecule has 0 aromatic carbocycles. The summed E-state index contributed by atoms with van der Waals surface area (Å²) in [5.74, 6) is 0.0538. The molecule has 0 radical (unpaired) electrons. The standard InChI is InChI=1S/C16H25N3O3S2/c1-11-10-15(13(3)23-11)24(21,22)19-8-6-18(7-9-19)12(2)16(20)17-14-4-5-14/h10,12,14H,4-9H2,1-3H3,(H,17,20). The van der Waals surface area contributed by atoms with Crippen LogP contribution in [-0.4, -0.2) is 61.8 Å². The number of carbonyl (C=O) groups is 1. The second-order valence-electron chi connectivity index (χ2n) is 6.68. The maximum Gasteiger partial charge on any atom is 0.244 e. The number of carbonyl (C=O) groups excluding carboxylic acids is 1. The Kier molecular flexibility index (Phi) is 5.01. The molecule has 0 bridgehead atoms. The van der Waals surface area contributed by atoms with Crippen LogP contribution in [0.3, 0.4) is 0 Å². The normalized spacial score (nSPS) is 21.6. The molecule has 6 nitrogen and oxygen atoms in total. The zero-order chi connectivity index (χ0) is 17.5. The molecule has 1 saturated carbocycles. The summed E-state index contributed by atoms with van der Waals surface area (Å²) in [5, 5.41) is 3.02. The number of piperazine rings is 1. The lowest BCUT2D eigenvalue weighted by Crippen LogP contribution is -2.55. The molecule has 1 aromatic rings. The van der Waals surface area contributed by atoms with E-state index in [-0.39, 0.29) is 11.9 Å². The summed E-state index contributed by atoms with van der Waals surface area (Å²) >= 11 is 1.51. The molecule has 2 aliphatic rings. The van der Waals surface area contributed by atoms with Gasteiger partial charge in [0, 0.05) is 42.0 Å². The van der Waals surface area contributed by atoms with Crippen LogP contribution in [0.4, 0.5) is 0 Å². The van der Waals surface area contributed by atoms with Gasteiger partial charge in [-0.15, -0.1) is 11.3 Å². The van der Waals surface area contributed by atoms with E-state index >= 15 is 0 Å². The summed E-state index contributed by atoms with van der Waals surface area (Å²) in [7, 11) is -3.43. The van der Waals surface area contributed by atoms with Crippen LogP contribution in [-0.2, 0) is 14.8 Å². The van der Waals surface area contributed by atoms with Gasteiger partial charge in [-0.1, -0.05) is 0 Å². The molecule has 2 fully saturated rings. The Morgan fingerprint density at radius 3 is 2.38 bits per heavy atom. The Bertz CT molecular complexity index is 717. The van der Waals surface area contributed by atoms with E-state index in [9.17, 15) is 13.2 Å². The summed E-state index contributed by atoms with van der Waals surface area (Å²) in [5.41, 5.74) is 0. The van der Waals surface area contributed by atoms with Crippen LogP contribution in [0.2, 0.25) is 0 Å². The van der Waals surface area contributed by atoms with E-state index in [0.717, 1.165) is 22.6 Å². The number of sulfonamides is 1. The number of rotatable bonds is 5. The Morgan fingerprint density at radius 1 is 1.25 bits per heavy atom. The lowest BCUT2D eigenvalue weighted by molar-refractivity contribution is -0.126. The summed E-state index contributed by atoms with van der Waals surface area (Å²) in [6.45, 7) is 7.70. The van der Waals surface area contributed by atoms with Gasteiger partial charge in [0.1, 0.15) is 0 Å². The van der Waals surface area contributed by atoms with E-state index in [2.05, 4.69) is 10.2 Å². The average Bonchev–Trinajstić information content (AvgIpc) is 3.28. The van der Waals surface area contributed by atoms with Crippen molar-refractivity contribution in [1.29, 1.82) is 0 Å². The molecule has 1 atom stereocenters. The van der Waals surface area contributed by atoms with Crippen molar-refractivity contribution >= 4 is 27.3 Å². The molecule has 1 aromatic heterocycles. The minimum absolute atomic E-state index is 0.0538. The van der Waals surface area contributed by atoms with Crippen molar-refractivity contribution in [3.63, 3.8) is 0 Å². The van der Waals surface area contributed by atoms with Gasteiger partial charge in [-0.05, 0) is 39.7 Å². The van der Waals surface area contributed by atoms with E-state index < -0.39 is 10.0 Å². The van der Waals surface area contributed by atoms with Crippen molar-refractivity contribution in [2.45, 2.75) is 50.6 Å². The topological polar surface area (TPSA) is 69.7 Å². The monoisotopic (exact) mass is 371 g/mol. The molecule has 1 unspecified atom stereocenters. The summed E-state index contributed by atoms with van der Waals surface area (Å²) in [6, 6.07) is 1.90. The predicted molar refractivity (Wildman–Crippen MR) is 94.8 cm³/mol. The number of hydrogen-bond acceptors (Lipinski definition) is 5. The van der Waals surface area contributed by atoms with Gasteiger partial charge in [0.05, 0.1) is 10.9 Å². The lowest BCUT2D eigenvalue weighted by Gasteiger charge is -2.36. The highest BCUT2D eigenvalue weighted by molar-refractivity contribution is 7.89. The van der Waals surface area contributed by atoms with E-state index in [1.807, 2.05) is 20.8 Å². The van der Waals surface area contributed by atoms with Crippen LogP contribution >= 0.6 is 11.3 Å². The third-order valence-electron chi connectivity index (χ3n) is 4.74. The third-order valence-corrected chi connectivity index (χ3v) is 7.86. The molecule has 1 N–H and O–H groups in total. The van der Waals surface area contributed by atoms with E-state index in [1.165, 1.54) is 11.3 Å². The second-order valence-corrected chi connectivity index (χ2v) is 10.0. The lowest BCUT2D eigenvalue weighted by atomic mass is 10.2. The van der Waals surface area contributed by atoms with Crippen LogP contribution in [0.5, 0.6) is 0 Å². The Morgan fingerprint density at radius 2 is 1.88 bits per heavy atom. The second kappa shape index (κ2) is 6.74. The first-order valence-electron chi connectivity index (χ1n) is 8.40. The molecular weight excluding hydrogens is 346 g/mol. The fraction of sp³-hybridized carbons (Fsp3) is 0.688. The first kappa shape index (κ1) is 17.8. The van der Waals surface area contributed by atoms with Gasteiger partial charge in [0.15, 0.2) is 0 Å².